The molecule has 278 valence electrons. The minimum absolute atomic E-state index is 0.920. The van der Waals surface area contributed by atoms with Gasteiger partial charge in [-0.1, -0.05) is 146 Å². The molecule has 0 N–H and O–H groups in total. The van der Waals surface area contributed by atoms with Gasteiger partial charge < -0.3 is 0 Å². The fourth-order valence-corrected chi connectivity index (χ4v) is 9.06. The summed E-state index contributed by atoms with van der Waals surface area (Å²) >= 11 is 0. The molecule has 4 aromatic heterocycles. The van der Waals surface area contributed by atoms with Crippen LogP contribution >= 0.6 is 0 Å². The van der Waals surface area contributed by atoms with Gasteiger partial charge in [0, 0.05) is 45.1 Å². The van der Waals surface area contributed by atoms with Gasteiger partial charge in [-0.05, 0) is 103 Å². The molecule has 4 nitrogen and oxygen atoms in total. The van der Waals surface area contributed by atoms with Gasteiger partial charge in [0.25, 0.3) is 0 Å². The molecule has 0 unspecified atom stereocenters. The average Bonchev–Trinajstić information content (AvgIpc) is 3.32. The van der Waals surface area contributed by atoms with E-state index in [1.165, 1.54) is 32.7 Å². The van der Waals surface area contributed by atoms with Gasteiger partial charge in [-0.2, -0.15) is 0 Å². The Balaban J connectivity index is 0.857. The summed E-state index contributed by atoms with van der Waals surface area (Å²) in [5.41, 5.74) is 15.0. The zero-order chi connectivity index (χ0) is 39.6. The first-order chi connectivity index (χ1) is 29.7. The molecular formula is C56H34N4. The Morgan fingerprint density at radius 3 is 1.52 bits per heavy atom. The molecule has 0 aliphatic carbocycles. The third-order valence-electron chi connectivity index (χ3n) is 11.9. The van der Waals surface area contributed by atoms with Crippen LogP contribution in [0.4, 0.5) is 0 Å². The summed E-state index contributed by atoms with van der Waals surface area (Å²) in [4.78, 5) is 19.7. The molecule has 0 aliphatic rings. The molecule has 0 bridgehead atoms. The quantitative estimate of drug-likeness (QED) is 0.129. The predicted molar refractivity (Wildman–Crippen MR) is 250 cm³/mol. The van der Waals surface area contributed by atoms with Crippen LogP contribution in [0.3, 0.4) is 0 Å². The highest BCUT2D eigenvalue weighted by molar-refractivity contribution is 6.21. The second kappa shape index (κ2) is 13.8. The van der Waals surface area contributed by atoms with Gasteiger partial charge >= 0.3 is 0 Å². The number of rotatable bonds is 5. The molecule has 60 heavy (non-hydrogen) atoms. The van der Waals surface area contributed by atoms with Gasteiger partial charge in [-0.3, -0.25) is 9.97 Å². The molecule has 4 heteroatoms. The lowest BCUT2D eigenvalue weighted by atomic mass is 9.87. The largest absolute Gasteiger partial charge is 0.254 e. The maximum Gasteiger partial charge on any atom is 0.0970 e. The van der Waals surface area contributed by atoms with Crippen LogP contribution < -0.4 is 0 Å². The van der Waals surface area contributed by atoms with Crippen molar-refractivity contribution in [2.45, 2.75) is 0 Å². The topological polar surface area (TPSA) is 51.6 Å². The summed E-state index contributed by atoms with van der Waals surface area (Å²) in [6.45, 7) is 0. The minimum atomic E-state index is 0.920. The van der Waals surface area contributed by atoms with Gasteiger partial charge in [0.1, 0.15) is 0 Å². The zero-order valence-corrected chi connectivity index (χ0v) is 32.4. The number of hydrogen-bond donors (Lipinski definition) is 0. The van der Waals surface area contributed by atoms with Crippen molar-refractivity contribution in [1.82, 2.24) is 19.9 Å². The highest BCUT2D eigenvalue weighted by atomic mass is 14.7. The number of pyridine rings is 4. The van der Waals surface area contributed by atoms with Crippen molar-refractivity contribution < 1.29 is 0 Å². The van der Waals surface area contributed by atoms with E-state index in [2.05, 4.69) is 193 Å². The first-order valence-corrected chi connectivity index (χ1v) is 20.3. The summed E-state index contributed by atoms with van der Waals surface area (Å²) in [7, 11) is 0. The molecule has 0 fully saturated rings. The first-order valence-electron chi connectivity index (χ1n) is 20.3. The van der Waals surface area contributed by atoms with Crippen LogP contribution in [0.2, 0.25) is 0 Å². The highest BCUT2D eigenvalue weighted by Gasteiger charge is 2.18. The van der Waals surface area contributed by atoms with E-state index in [0.717, 1.165) is 88.4 Å². The summed E-state index contributed by atoms with van der Waals surface area (Å²) in [6, 6.07) is 69.0. The van der Waals surface area contributed by atoms with Crippen LogP contribution in [-0.4, -0.2) is 19.9 Å². The van der Waals surface area contributed by atoms with Gasteiger partial charge in [-0.15, -0.1) is 0 Å². The van der Waals surface area contributed by atoms with Crippen molar-refractivity contribution in [3.8, 4) is 55.9 Å². The van der Waals surface area contributed by atoms with Crippen LogP contribution in [0.1, 0.15) is 0 Å². The lowest BCUT2D eigenvalue weighted by molar-refractivity contribution is 1.37. The number of fused-ring (bicyclic) bond motifs is 7. The van der Waals surface area contributed by atoms with Crippen molar-refractivity contribution in [3.05, 3.63) is 207 Å². The van der Waals surface area contributed by atoms with E-state index in [1.54, 1.807) is 0 Å². The fourth-order valence-electron chi connectivity index (χ4n) is 9.06. The van der Waals surface area contributed by atoms with Crippen LogP contribution in [0, 0.1) is 0 Å². The van der Waals surface area contributed by atoms with Crippen LogP contribution in [0.25, 0.3) is 121 Å². The average molecular weight is 763 g/mol. The second-order valence-corrected chi connectivity index (χ2v) is 15.4. The number of hydrogen-bond acceptors (Lipinski definition) is 4. The van der Waals surface area contributed by atoms with E-state index < -0.39 is 0 Å². The lowest BCUT2D eigenvalue weighted by Gasteiger charge is -2.17. The lowest BCUT2D eigenvalue weighted by Crippen LogP contribution is -1.93. The smallest absolute Gasteiger partial charge is 0.0970 e. The Hall–Kier alpha value is -8.08. The Morgan fingerprint density at radius 1 is 0.283 bits per heavy atom. The number of nitrogens with zero attached hydrogens (tertiary/aromatic N) is 4. The minimum Gasteiger partial charge on any atom is -0.254 e. The molecule has 0 amide bonds. The molecular weight excluding hydrogens is 729 g/mol. The molecule has 0 saturated heterocycles. The normalized spacial score (nSPS) is 11.7. The monoisotopic (exact) mass is 762 g/mol. The maximum atomic E-state index is 5.30. The Bertz CT molecular complexity index is 3590. The van der Waals surface area contributed by atoms with Gasteiger partial charge in [-0.25, -0.2) is 9.97 Å². The van der Waals surface area contributed by atoms with E-state index in [1.807, 2.05) is 18.5 Å². The summed E-state index contributed by atoms with van der Waals surface area (Å²) in [5, 5.41) is 9.25. The summed E-state index contributed by atoms with van der Waals surface area (Å²) in [5.74, 6) is 0. The Kier molecular flexibility index (Phi) is 7.82. The van der Waals surface area contributed by atoms with Crippen molar-refractivity contribution in [2.24, 2.45) is 0 Å². The molecule has 12 aromatic rings. The highest BCUT2D eigenvalue weighted by Crippen LogP contribution is 2.43. The standard InChI is InChI=1S/C56H34N4/c1-2-9-37(10-3-1)53-44-12-4-6-14-46(44)54(47-15-7-5-13-45(47)53)52-29-24-42-34-40(22-27-51(42)60-52)39-21-26-50-41(33-39)23-28-49(59-50)36-18-16-35(17-19-36)43-30-32-58-56-48(43)25-20-38-11-8-31-57-55(38)56/h1-34H. The van der Waals surface area contributed by atoms with Crippen molar-refractivity contribution >= 4 is 65.2 Å². The van der Waals surface area contributed by atoms with Crippen molar-refractivity contribution in [3.63, 3.8) is 0 Å². The Labute approximate surface area is 346 Å². The Morgan fingerprint density at radius 2 is 0.833 bits per heavy atom. The second-order valence-electron chi connectivity index (χ2n) is 15.4. The van der Waals surface area contributed by atoms with E-state index >= 15 is 0 Å². The van der Waals surface area contributed by atoms with Crippen molar-refractivity contribution in [2.75, 3.05) is 0 Å². The molecule has 0 spiro atoms. The van der Waals surface area contributed by atoms with E-state index in [0.29, 0.717) is 0 Å². The van der Waals surface area contributed by atoms with E-state index in [4.69, 9.17) is 15.0 Å². The van der Waals surface area contributed by atoms with E-state index in [9.17, 15) is 0 Å². The molecule has 0 radical (unpaired) electrons. The van der Waals surface area contributed by atoms with Gasteiger partial charge in [0.05, 0.1) is 33.5 Å². The third-order valence-corrected chi connectivity index (χ3v) is 11.9. The predicted octanol–water partition coefficient (Wildman–Crippen LogP) is 14.5. The van der Waals surface area contributed by atoms with Gasteiger partial charge in [0.2, 0.25) is 0 Å². The summed E-state index contributed by atoms with van der Waals surface area (Å²) < 4.78 is 0. The molecule has 0 atom stereocenters. The van der Waals surface area contributed by atoms with Crippen LogP contribution in [0.15, 0.2) is 207 Å². The summed E-state index contributed by atoms with van der Waals surface area (Å²) in [6.07, 6.45) is 3.70. The SMILES string of the molecule is c1ccc(-c2c3ccccc3c(-c3ccc4cc(-c5ccc6nc(-c7ccc(-c8ccnc9c8ccc8cccnc89)cc7)ccc6c5)ccc4n3)c3ccccc23)cc1. The first kappa shape index (κ1) is 34.0. The zero-order valence-electron chi connectivity index (χ0n) is 32.4. The molecule has 0 aliphatic heterocycles. The third kappa shape index (κ3) is 5.61. The fraction of sp³-hybridized carbons (Fsp3) is 0. The maximum absolute atomic E-state index is 5.30. The van der Waals surface area contributed by atoms with Crippen LogP contribution in [0.5, 0.6) is 0 Å². The van der Waals surface area contributed by atoms with Crippen molar-refractivity contribution in [1.29, 1.82) is 0 Å². The molecule has 4 heterocycles. The molecule has 0 saturated carbocycles. The van der Waals surface area contributed by atoms with E-state index in [-0.39, 0.29) is 0 Å². The molecule has 8 aromatic carbocycles. The van der Waals surface area contributed by atoms with Gasteiger partial charge in [0.15, 0.2) is 0 Å². The van der Waals surface area contributed by atoms with Crippen LogP contribution in [-0.2, 0) is 0 Å². The number of aromatic nitrogens is 4. The molecule has 12 rings (SSSR count). The number of benzene rings is 8.